The molecule has 0 bridgehead atoms. The minimum atomic E-state index is -0.0727. The molecule has 0 atom stereocenters. The van der Waals surface area contributed by atoms with Crippen molar-refractivity contribution in [3.8, 4) is 22.9 Å². The first-order valence-electron chi connectivity index (χ1n) is 8.25. The molecular formula is C16H19N5O3. The van der Waals surface area contributed by atoms with Gasteiger partial charge in [0.15, 0.2) is 11.5 Å². The number of nitrogens with zero attached hydrogens (tertiary/aromatic N) is 4. The molecular weight excluding hydrogens is 310 g/mol. The van der Waals surface area contributed by atoms with E-state index >= 15 is 0 Å². The molecule has 2 heterocycles. The van der Waals surface area contributed by atoms with Gasteiger partial charge >= 0.3 is 0 Å². The van der Waals surface area contributed by atoms with Crippen molar-refractivity contribution in [2.45, 2.75) is 44.7 Å². The van der Waals surface area contributed by atoms with Crippen LogP contribution in [0.4, 0.5) is 0 Å². The number of benzene rings is 1. The number of fused-ring (bicyclic) bond motifs is 1. The first kappa shape index (κ1) is 14.9. The number of hydrogen-bond donors (Lipinski definition) is 1. The summed E-state index contributed by atoms with van der Waals surface area (Å²) in [7, 11) is 0. The van der Waals surface area contributed by atoms with Gasteiger partial charge in [0.1, 0.15) is 6.54 Å². The summed E-state index contributed by atoms with van der Waals surface area (Å²) < 4.78 is 10.6. The van der Waals surface area contributed by atoms with Crippen molar-refractivity contribution < 1.29 is 14.3 Å². The summed E-state index contributed by atoms with van der Waals surface area (Å²) in [6.45, 7) is 0.300. The highest BCUT2D eigenvalue weighted by molar-refractivity contribution is 5.75. The van der Waals surface area contributed by atoms with Gasteiger partial charge in [-0.2, -0.15) is 4.80 Å². The number of amides is 1. The zero-order valence-corrected chi connectivity index (χ0v) is 13.3. The standard InChI is InChI=1S/C16H19N5O3/c22-15(17-12-4-2-1-3-5-12)9-21-19-16(18-20-21)11-6-7-13-14(8-11)24-10-23-13/h6-8,12H,1-5,9-10H2,(H,17,22). The van der Waals surface area contributed by atoms with E-state index in [1.807, 2.05) is 18.2 Å². The van der Waals surface area contributed by atoms with E-state index in [2.05, 4.69) is 20.7 Å². The van der Waals surface area contributed by atoms with Crippen molar-refractivity contribution in [3.05, 3.63) is 18.2 Å². The van der Waals surface area contributed by atoms with E-state index in [-0.39, 0.29) is 25.3 Å². The highest BCUT2D eigenvalue weighted by atomic mass is 16.7. The van der Waals surface area contributed by atoms with Crippen molar-refractivity contribution in [2.75, 3.05) is 6.79 Å². The average Bonchev–Trinajstić information content (AvgIpc) is 3.24. The summed E-state index contributed by atoms with van der Waals surface area (Å²) in [5.74, 6) is 1.76. The zero-order valence-electron chi connectivity index (χ0n) is 13.3. The molecule has 126 valence electrons. The minimum absolute atomic E-state index is 0.0727. The number of carbonyl (C=O) groups is 1. The third kappa shape index (κ3) is 3.17. The van der Waals surface area contributed by atoms with Crippen LogP contribution in [0.1, 0.15) is 32.1 Å². The SMILES string of the molecule is O=C(Cn1nnc(-c2ccc3c(c2)OCO3)n1)NC1CCCCC1. The van der Waals surface area contributed by atoms with Crippen LogP contribution in [0.3, 0.4) is 0 Å². The smallest absolute Gasteiger partial charge is 0.243 e. The molecule has 2 aromatic rings. The number of ether oxygens (including phenoxy) is 2. The third-order valence-electron chi connectivity index (χ3n) is 4.34. The van der Waals surface area contributed by atoms with E-state index in [0.717, 1.165) is 18.4 Å². The fourth-order valence-corrected chi connectivity index (χ4v) is 3.11. The monoisotopic (exact) mass is 329 g/mol. The van der Waals surface area contributed by atoms with Gasteiger partial charge in [-0.1, -0.05) is 19.3 Å². The predicted molar refractivity (Wildman–Crippen MR) is 84.4 cm³/mol. The Morgan fingerprint density at radius 1 is 1.21 bits per heavy atom. The maximum absolute atomic E-state index is 12.1. The van der Waals surface area contributed by atoms with Crippen LogP contribution < -0.4 is 14.8 Å². The normalized spacial score (nSPS) is 17.0. The van der Waals surface area contributed by atoms with Crippen molar-refractivity contribution in [2.24, 2.45) is 0 Å². The van der Waals surface area contributed by atoms with E-state index in [1.165, 1.54) is 24.1 Å². The first-order chi connectivity index (χ1) is 11.8. The Kier molecular flexibility index (Phi) is 4.02. The van der Waals surface area contributed by atoms with Crippen LogP contribution in [0.2, 0.25) is 0 Å². The summed E-state index contributed by atoms with van der Waals surface area (Å²) in [6, 6.07) is 5.75. The summed E-state index contributed by atoms with van der Waals surface area (Å²) in [5.41, 5.74) is 0.776. The molecule has 8 heteroatoms. The van der Waals surface area contributed by atoms with Gasteiger partial charge < -0.3 is 14.8 Å². The van der Waals surface area contributed by atoms with Crippen molar-refractivity contribution in [3.63, 3.8) is 0 Å². The molecule has 1 saturated carbocycles. The lowest BCUT2D eigenvalue weighted by atomic mass is 9.95. The number of nitrogens with one attached hydrogen (secondary N) is 1. The Morgan fingerprint density at radius 2 is 2.04 bits per heavy atom. The lowest BCUT2D eigenvalue weighted by molar-refractivity contribution is -0.123. The Bertz CT molecular complexity index is 739. The molecule has 1 aromatic heterocycles. The minimum Gasteiger partial charge on any atom is -0.454 e. The fraction of sp³-hybridized carbons (Fsp3) is 0.500. The van der Waals surface area contributed by atoms with Crippen LogP contribution in [0.25, 0.3) is 11.4 Å². The second kappa shape index (κ2) is 6.46. The maximum Gasteiger partial charge on any atom is 0.243 e. The van der Waals surface area contributed by atoms with Crippen LogP contribution in [0.5, 0.6) is 11.5 Å². The number of carbonyl (C=O) groups excluding carboxylic acids is 1. The molecule has 24 heavy (non-hydrogen) atoms. The Balaban J connectivity index is 1.40. The molecule has 1 N–H and O–H groups in total. The molecule has 1 aromatic carbocycles. The largest absolute Gasteiger partial charge is 0.454 e. The lowest BCUT2D eigenvalue weighted by Crippen LogP contribution is -2.38. The van der Waals surface area contributed by atoms with Crippen molar-refractivity contribution in [1.29, 1.82) is 0 Å². The Labute approximate surface area is 139 Å². The summed E-state index contributed by atoms with van der Waals surface area (Å²) in [4.78, 5) is 13.4. The number of rotatable bonds is 4. The molecule has 0 radical (unpaired) electrons. The second-order valence-electron chi connectivity index (χ2n) is 6.11. The summed E-state index contributed by atoms with van der Waals surface area (Å²) in [6.07, 6.45) is 5.73. The van der Waals surface area contributed by atoms with Crippen LogP contribution in [-0.2, 0) is 11.3 Å². The molecule has 1 aliphatic carbocycles. The van der Waals surface area contributed by atoms with Crippen LogP contribution in [0, 0.1) is 0 Å². The van der Waals surface area contributed by atoms with Gasteiger partial charge in [0, 0.05) is 11.6 Å². The summed E-state index contributed by atoms with van der Waals surface area (Å²) in [5, 5.41) is 15.3. The van der Waals surface area contributed by atoms with Gasteiger partial charge in [-0.25, -0.2) is 0 Å². The molecule has 0 saturated heterocycles. The molecule has 1 aliphatic heterocycles. The Hall–Kier alpha value is -2.64. The third-order valence-corrected chi connectivity index (χ3v) is 4.34. The number of hydrogen-bond acceptors (Lipinski definition) is 6. The number of aromatic nitrogens is 4. The van der Waals surface area contributed by atoms with Crippen LogP contribution in [0.15, 0.2) is 18.2 Å². The van der Waals surface area contributed by atoms with Gasteiger partial charge in [-0.05, 0) is 36.3 Å². The summed E-state index contributed by atoms with van der Waals surface area (Å²) >= 11 is 0. The van der Waals surface area contributed by atoms with Gasteiger partial charge in [-0.3, -0.25) is 4.79 Å². The van der Waals surface area contributed by atoms with Gasteiger partial charge in [-0.15, -0.1) is 10.2 Å². The van der Waals surface area contributed by atoms with E-state index in [9.17, 15) is 4.79 Å². The van der Waals surface area contributed by atoms with Gasteiger partial charge in [0.25, 0.3) is 0 Å². The van der Waals surface area contributed by atoms with Gasteiger partial charge in [0.2, 0.25) is 18.5 Å². The van der Waals surface area contributed by atoms with Crippen molar-refractivity contribution in [1.82, 2.24) is 25.5 Å². The van der Waals surface area contributed by atoms with E-state index in [4.69, 9.17) is 9.47 Å². The molecule has 1 amide bonds. The molecule has 8 nitrogen and oxygen atoms in total. The van der Waals surface area contributed by atoms with Gasteiger partial charge in [0.05, 0.1) is 0 Å². The lowest BCUT2D eigenvalue weighted by Gasteiger charge is -2.22. The number of tetrazole rings is 1. The highest BCUT2D eigenvalue weighted by Gasteiger charge is 2.18. The first-order valence-corrected chi connectivity index (χ1v) is 8.25. The molecule has 0 unspecified atom stereocenters. The molecule has 0 spiro atoms. The average molecular weight is 329 g/mol. The van der Waals surface area contributed by atoms with E-state index in [0.29, 0.717) is 17.3 Å². The second-order valence-corrected chi connectivity index (χ2v) is 6.11. The maximum atomic E-state index is 12.1. The Morgan fingerprint density at radius 3 is 2.92 bits per heavy atom. The topological polar surface area (TPSA) is 91.2 Å². The molecule has 4 rings (SSSR count). The van der Waals surface area contributed by atoms with E-state index < -0.39 is 0 Å². The molecule has 1 fully saturated rings. The van der Waals surface area contributed by atoms with E-state index in [1.54, 1.807) is 0 Å². The quantitative estimate of drug-likeness (QED) is 0.914. The zero-order chi connectivity index (χ0) is 16.4. The highest BCUT2D eigenvalue weighted by Crippen LogP contribution is 2.34. The van der Waals surface area contributed by atoms with Crippen molar-refractivity contribution >= 4 is 5.91 Å². The van der Waals surface area contributed by atoms with Crippen LogP contribution in [-0.4, -0.2) is 38.9 Å². The molecule has 2 aliphatic rings. The predicted octanol–water partition coefficient (Wildman–Crippen LogP) is 1.52. The van der Waals surface area contributed by atoms with Crippen LogP contribution >= 0.6 is 0 Å². The fourth-order valence-electron chi connectivity index (χ4n) is 3.11.